The van der Waals surface area contributed by atoms with E-state index in [1.54, 1.807) is 7.11 Å². The van der Waals surface area contributed by atoms with E-state index in [-0.39, 0.29) is 5.91 Å². The second-order valence-corrected chi connectivity index (χ2v) is 4.88. The number of likely N-dealkylation sites (tertiary alicyclic amines) is 1. The van der Waals surface area contributed by atoms with E-state index in [4.69, 9.17) is 10.5 Å². The SMILES string of the molecule is COc1ccsc1C(=O)N1CCC(CN)C1. The van der Waals surface area contributed by atoms with E-state index in [2.05, 4.69) is 0 Å². The monoisotopic (exact) mass is 240 g/mol. The Morgan fingerprint density at radius 2 is 2.56 bits per heavy atom. The second-order valence-electron chi connectivity index (χ2n) is 3.96. The molecule has 0 saturated carbocycles. The average molecular weight is 240 g/mol. The number of thiophene rings is 1. The number of carbonyl (C=O) groups is 1. The van der Waals surface area contributed by atoms with Gasteiger partial charge in [-0.25, -0.2) is 0 Å². The first-order chi connectivity index (χ1) is 7.76. The van der Waals surface area contributed by atoms with Crippen LogP contribution in [0.4, 0.5) is 0 Å². The molecule has 4 nitrogen and oxygen atoms in total. The molecule has 0 spiro atoms. The maximum absolute atomic E-state index is 12.2. The quantitative estimate of drug-likeness (QED) is 0.863. The van der Waals surface area contributed by atoms with E-state index in [1.165, 1.54) is 11.3 Å². The zero-order valence-electron chi connectivity index (χ0n) is 9.31. The average Bonchev–Trinajstić information content (AvgIpc) is 2.96. The Morgan fingerprint density at radius 3 is 3.19 bits per heavy atom. The van der Waals surface area contributed by atoms with Crippen molar-refractivity contribution in [2.24, 2.45) is 11.7 Å². The van der Waals surface area contributed by atoms with Crippen molar-refractivity contribution < 1.29 is 9.53 Å². The van der Waals surface area contributed by atoms with Gasteiger partial charge in [0.15, 0.2) is 0 Å². The Bertz CT molecular complexity index is 378. The van der Waals surface area contributed by atoms with Gasteiger partial charge in [-0.15, -0.1) is 11.3 Å². The number of hydrogen-bond acceptors (Lipinski definition) is 4. The highest BCUT2D eigenvalue weighted by Gasteiger charge is 2.28. The van der Waals surface area contributed by atoms with Crippen molar-refractivity contribution in [3.8, 4) is 5.75 Å². The van der Waals surface area contributed by atoms with Crippen molar-refractivity contribution in [1.82, 2.24) is 4.90 Å². The van der Waals surface area contributed by atoms with Crippen LogP contribution in [0.5, 0.6) is 5.75 Å². The third-order valence-electron chi connectivity index (χ3n) is 2.95. The first-order valence-electron chi connectivity index (χ1n) is 5.37. The summed E-state index contributed by atoms with van der Waals surface area (Å²) in [4.78, 5) is 14.7. The number of nitrogens with two attached hydrogens (primary N) is 1. The fourth-order valence-electron chi connectivity index (χ4n) is 1.97. The molecule has 1 saturated heterocycles. The molecule has 0 aliphatic carbocycles. The molecule has 5 heteroatoms. The minimum Gasteiger partial charge on any atom is -0.495 e. The van der Waals surface area contributed by atoms with Crippen LogP contribution in [0.15, 0.2) is 11.4 Å². The summed E-state index contributed by atoms with van der Waals surface area (Å²) in [6, 6.07) is 1.83. The molecule has 16 heavy (non-hydrogen) atoms. The maximum Gasteiger partial charge on any atom is 0.267 e. The second kappa shape index (κ2) is 4.84. The van der Waals surface area contributed by atoms with Gasteiger partial charge in [0.05, 0.1) is 7.11 Å². The molecule has 0 bridgehead atoms. The number of amides is 1. The third-order valence-corrected chi connectivity index (χ3v) is 3.83. The number of rotatable bonds is 3. The van der Waals surface area contributed by atoms with Crippen molar-refractivity contribution in [3.05, 3.63) is 16.3 Å². The molecule has 88 valence electrons. The lowest BCUT2D eigenvalue weighted by Crippen LogP contribution is -2.29. The molecule has 1 aromatic rings. The van der Waals surface area contributed by atoms with Gasteiger partial charge in [0.2, 0.25) is 0 Å². The molecular formula is C11H16N2O2S. The van der Waals surface area contributed by atoms with Gasteiger partial charge in [0.25, 0.3) is 5.91 Å². The number of carbonyl (C=O) groups excluding carboxylic acids is 1. The first kappa shape index (κ1) is 11.4. The molecule has 1 aliphatic rings. The first-order valence-corrected chi connectivity index (χ1v) is 6.25. The van der Waals surface area contributed by atoms with Crippen LogP contribution < -0.4 is 10.5 Å². The topological polar surface area (TPSA) is 55.6 Å². The molecule has 1 fully saturated rings. The highest BCUT2D eigenvalue weighted by atomic mass is 32.1. The predicted molar refractivity (Wildman–Crippen MR) is 63.9 cm³/mol. The van der Waals surface area contributed by atoms with Crippen LogP contribution in [-0.2, 0) is 0 Å². The van der Waals surface area contributed by atoms with Gasteiger partial charge < -0.3 is 15.4 Å². The van der Waals surface area contributed by atoms with Gasteiger partial charge in [-0.05, 0) is 30.3 Å². The lowest BCUT2D eigenvalue weighted by molar-refractivity contribution is 0.0789. The minimum absolute atomic E-state index is 0.0720. The van der Waals surface area contributed by atoms with Crippen molar-refractivity contribution in [1.29, 1.82) is 0 Å². The van der Waals surface area contributed by atoms with Crippen LogP contribution in [-0.4, -0.2) is 37.6 Å². The Morgan fingerprint density at radius 1 is 1.75 bits per heavy atom. The molecule has 1 aliphatic heterocycles. The molecular weight excluding hydrogens is 224 g/mol. The van der Waals surface area contributed by atoms with Gasteiger partial charge in [-0.2, -0.15) is 0 Å². The highest BCUT2D eigenvalue weighted by molar-refractivity contribution is 7.12. The molecule has 1 atom stereocenters. The van der Waals surface area contributed by atoms with Crippen LogP contribution >= 0.6 is 11.3 Å². The van der Waals surface area contributed by atoms with Crippen LogP contribution in [0, 0.1) is 5.92 Å². The molecule has 2 heterocycles. The van der Waals surface area contributed by atoms with Crippen LogP contribution in [0.2, 0.25) is 0 Å². The van der Waals surface area contributed by atoms with Crippen LogP contribution in [0.25, 0.3) is 0 Å². The zero-order chi connectivity index (χ0) is 11.5. The minimum atomic E-state index is 0.0720. The van der Waals surface area contributed by atoms with Gasteiger partial charge in [0.1, 0.15) is 10.6 Å². The third kappa shape index (κ3) is 2.05. The number of hydrogen-bond donors (Lipinski definition) is 1. The van der Waals surface area contributed by atoms with Gasteiger partial charge in [-0.1, -0.05) is 0 Å². The summed E-state index contributed by atoms with van der Waals surface area (Å²) in [5, 5.41) is 1.88. The summed E-state index contributed by atoms with van der Waals surface area (Å²) in [6.45, 7) is 2.24. The fraction of sp³-hybridized carbons (Fsp3) is 0.545. The van der Waals surface area contributed by atoms with Crippen molar-refractivity contribution in [2.45, 2.75) is 6.42 Å². The van der Waals surface area contributed by atoms with Crippen LogP contribution in [0.3, 0.4) is 0 Å². The summed E-state index contributed by atoms with van der Waals surface area (Å²) in [5.74, 6) is 1.20. The summed E-state index contributed by atoms with van der Waals surface area (Å²) < 4.78 is 5.16. The lowest BCUT2D eigenvalue weighted by Gasteiger charge is -2.15. The molecule has 1 amide bonds. The predicted octanol–water partition coefficient (Wildman–Crippen LogP) is 1.18. The molecule has 0 radical (unpaired) electrons. The summed E-state index contributed by atoms with van der Waals surface area (Å²) >= 11 is 1.43. The highest BCUT2D eigenvalue weighted by Crippen LogP contribution is 2.28. The van der Waals surface area contributed by atoms with E-state index in [1.807, 2.05) is 16.3 Å². The molecule has 2 rings (SSSR count). The summed E-state index contributed by atoms with van der Waals surface area (Å²) in [5.41, 5.74) is 5.61. The Labute approximate surface area is 99.0 Å². The Balaban J connectivity index is 2.08. The fourth-order valence-corrected chi connectivity index (χ4v) is 2.79. The standard InChI is InChI=1S/C11H16N2O2S/c1-15-9-3-5-16-10(9)11(14)13-4-2-8(6-12)7-13/h3,5,8H,2,4,6-7,12H2,1H3. The summed E-state index contributed by atoms with van der Waals surface area (Å²) in [7, 11) is 1.59. The van der Waals surface area contributed by atoms with E-state index >= 15 is 0 Å². The van der Waals surface area contributed by atoms with Crippen molar-refractivity contribution in [3.63, 3.8) is 0 Å². The number of ether oxygens (including phenoxy) is 1. The molecule has 0 aromatic carbocycles. The van der Waals surface area contributed by atoms with Gasteiger partial charge in [-0.3, -0.25) is 4.79 Å². The largest absolute Gasteiger partial charge is 0.495 e. The summed E-state index contributed by atoms with van der Waals surface area (Å²) in [6.07, 6.45) is 1.01. The zero-order valence-corrected chi connectivity index (χ0v) is 10.1. The van der Waals surface area contributed by atoms with E-state index in [0.717, 1.165) is 19.5 Å². The normalized spacial score (nSPS) is 20.1. The van der Waals surface area contributed by atoms with E-state index < -0.39 is 0 Å². The molecule has 1 unspecified atom stereocenters. The van der Waals surface area contributed by atoms with Gasteiger partial charge in [0, 0.05) is 13.1 Å². The number of nitrogens with zero attached hydrogens (tertiary/aromatic N) is 1. The van der Waals surface area contributed by atoms with E-state index in [0.29, 0.717) is 23.1 Å². The number of methoxy groups -OCH3 is 1. The lowest BCUT2D eigenvalue weighted by atomic mass is 10.1. The maximum atomic E-state index is 12.2. The van der Waals surface area contributed by atoms with Crippen molar-refractivity contribution >= 4 is 17.2 Å². The Kier molecular flexibility index (Phi) is 3.46. The van der Waals surface area contributed by atoms with E-state index in [9.17, 15) is 4.79 Å². The van der Waals surface area contributed by atoms with Crippen LogP contribution in [0.1, 0.15) is 16.1 Å². The molecule has 1 aromatic heterocycles. The van der Waals surface area contributed by atoms with Crippen molar-refractivity contribution in [2.75, 3.05) is 26.7 Å². The Hall–Kier alpha value is -1.07. The van der Waals surface area contributed by atoms with Gasteiger partial charge >= 0.3 is 0 Å². The smallest absolute Gasteiger partial charge is 0.267 e. The molecule has 2 N–H and O–H groups in total.